The number of pyridine rings is 1. The van der Waals surface area contributed by atoms with E-state index in [2.05, 4.69) is 20.9 Å². The largest absolute Gasteiger partial charge is 0.406 e. The van der Waals surface area contributed by atoms with Crippen molar-refractivity contribution in [3.63, 3.8) is 0 Å². The fourth-order valence-corrected chi connectivity index (χ4v) is 2.38. The van der Waals surface area contributed by atoms with E-state index in [-0.39, 0.29) is 5.97 Å². The lowest BCUT2D eigenvalue weighted by atomic mass is 10.4. The van der Waals surface area contributed by atoms with Crippen LogP contribution in [-0.2, 0) is 4.79 Å². The molecule has 0 saturated heterocycles. The summed E-state index contributed by atoms with van der Waals surface area (Å²) >= 11 is 4.89. The molecule has 72 valence electrons. The molecular weight excluding hydrogens is 266 g/mol. The van der Waals surface area contributed by atoms with Crippen LogP contribution in [0, 0.1) is 0 Å². The lowest BCUT2D eigenvalue weighted by molar-refractivity contribution is -0.132. The van der Waals surface area contributed by atoms with Gasteiger partial charge >= 0.3 is 5.97 Å². The Morgan fingerprint density at radius 2 is 2.43 bits per heavy atom. The number of aromatic nitrogens is 1. The summed E-state index contributed by atoms with van der Waals surface area (Å²) in [7, 11) is 0. The molecule has 0 spiro atoms. The normalized spacial score (nSPS) is 10.4. The minimum Gasteiger partial charge on any atom is -0.406 e. The number of thiophene rings is 1. The third-order valence-electron chi connectivity index (χ3n) is 1.60. The first-order valence-electron chi connectivity index (χ1n) is 3.89. The van der Waals surface area contributed by atoms with Crippen LogP contribution in [0.15, 0.2) is 22.0 Å². The Kier molecular flexibility index (Phi) is 2.52. The zero-order valence-corrected chi connectivity index (χ0v) is 9.68. The predicted octanol–water partition coefficient (Wildman–Crippen LogP) is 2.98. The molecule has 5 heteroatoms. The Hall–Kier alpha value is -0.940. The number of carbonyl (C=O) groups is 1. The van der Waals surface area contributed by atoms with Gasteiger partial charge in [0.1, 0.15) is 0 Å². The number of nitrogens with zero attached hydrogens (tertiary/aromatic N) is 1. The van der Waals surface area contributed by atoms with Crippen LogP contribution in [0.1, 0.15) is 6.92 Å². The Morgan fingerprint density at radius 1 is 1.64 bits per heavy atom. The summed E-state index contributed by atoms with van der Waals surface area (Å²) in [5, 5.41) is 1.95. The van der Waals surface area contributed by atoms with Crippen molar-refractivity contribution in [1.82, 2.24) is 4.98 Å². The number of esters is 1. The molecule has 0 fully saturated rings. The molecule has 0 atom stereocenters. The number of halogens is 1. The Morgan fingerprint density at radius 3 is 3.14 bits per heavy atom. The monoisotopic (exact) mass is 271 g/mol. The minimum absolute atomic E-state index is 0.323. The van der Waals surface area contributed by atoms with Crippen LogP contribution in [0.2, 0.25) is 0 Å². The number of ether oxygens (including phenoxy) is 1. The summed E-state index contributed by atoms with van der Waals surface area (Å²) < 4.78 is 6.69. The fraction of sp³-hybridized carbons (Fsp3) is 0.111. The Balaban J connectivity index is 2.53. The van der Waals surface area contributed by atoms with Crippen LogP contribution >= 0.6 is 27.3 Å². The summed E-state index contributed by atoms with van der Waals surface area (Å²) in [6, 6.07) is 3.78. The van der Waals surface area contributed by atoms with Gasteiger partial charge in [0.05, 0.1) is 14.7 Å². The second kappa shape index (κ2) is 3.67. The number of rotatable bonds is 1. The molecule has 14 heavy (non-hydrogen) atoms. The molecule has 2 rings (SSSR count). The summed E-state index contributed by atoms with van der Waals surface area (Å²) in [6.45, 7) is 1.35. The van der Waals surface area contributed by atoms with E-state index in [1.807, 2.05) is 17.5 Å². The number of hydrogen-bond acceptors (Lipinski definition) is 4. The van der Waals surface area contributed by atoms with Gasteiger partial charge in [0.15, 0.2) is 0 Å². The molecule has 3 nitrogen and oxygen atoms in total. The second-order valence-corrected chi connectivity index (χ2v) is 4.47. The number of carbonyl (C=O) groups excluding carboxylic acids is 1. The Bertz CT molecular complexity index is 495. The van der Waals surface area contributed by atoms with Crippen molar-refractivity contribution in [1.29, 1.82) is 0 Å². The first-order valence-corrected chi connectivity index (χ1v) is 5.56. The van der Waals surface area contributed by atoms with Crippen LogP contribution in [0.4, 0.5) is 0 Å². The highest BCUT2D eigenvalue weighted by molar-refractivity contribution is 9.10. The highest BCUT2D eigenvalue weighted by Gasteiger charge is 2.08. The molecule has 0 bridgehead atoms. The third kappa shape index (κ3) is 1.78. The zero-order chi connectivity index (χ0) is 10.1. The van der Waals surface area contributed by atoms with Gasteiger partial charge in [-0.3, -0.25) is 4.79 Å². The van der Waals surface area contributed by atoms with Gasteiger partial charge in [-0.2, -0.15) is 0 Å². The van der Waals surface area contributed by atoms with Gasteiger partial charge in [-0.15, -0.1) is 11.3 Å². The molecule has 0 amide bonds. The van der Waals surface area contributed by atoms with Crippen molar-refractivity contribution >= 4 is 43.5 Å². The van der Waals surface area contributed by atoms with E-state index in [0.29, 0.717) is 10.4 Å². The van der Waals surface area contributed by atoms with Gasteiger partial charge in [-0.05, 0) is 33.4 Å². The standard InChI is InChI=1S/C9H6BrNO2S/c1-5(12)13-9-6(10)4-8-7(11-9)2-3-14-8/h2-4H,1H3. The summed E-state index contributed by atoms with van der Waals surface area (Å²) in [5.74, 6) is -0.0452. The highest BCUT2D eigenvalue weighted by atomic mass is 79.9. The maximum atomic E-state index is 10.8. The quantitative estimate of drug-likeness (QED) is 0.749. The van der Waals surface area contributed by atoms with E-state index < -0.39 is 0 Å². The molecule has 2 aromatic rings. The van der Waals surface area contributed by atoms with Gasteiger partial charge in [0, 0.05) is 6.92 Å². The van der Waals surface area contributed by atoms with E-state index in [1.54, 1.807) is 11.3 Å². The lowest BCUT2D eigenvalue weighted by Gasteiger charge is -2.02. The molecule has 0 unspecified atom stereocenters. The van der Waals surface area contributed by atoms with Gasteiger partial charge in [0.2, 0.25) is 5.88 Å². The summed E-state index contributed by atoms with van der Waals surface area (Å²) in [6.07, 6.45) is 0. The number of hydrogen-bond donors (Lipinski definition) is 0. The van der Waals surface area contributed by atoms with Gasteiger partial charge < -0.3 is 4.74 Å². The van der Waals surface area contributed by atoms with Crippen molar-refractivity contribution in [3.05, 3.63) is 22.0 Å². The van der Waals surface area contributed by atoms with Gasteiger partial charge in [-0.25, -0.2) is 4.98 Å². The molecule has 0 N–H and O–H groups in total. The van der Waals surface area contributed by atoms with Gasteiger partial charge in [-0.1, -0.05) is 0 Å². The fourth-order valence-electron chi connectivity index (χ4n) is 1.06. The molecule has 0 saturated carbocycles. The van der Waals surface area contributed by atoms with E-state index in [4.69, 9.17) is 4.74 Å². The second-order valence-electron chi connectivity index (χ2n) is 2.67. The topological polar surface area (TPSA) is 39.2 Å². The SMILES string of the molecule is CC(=O)Oc1nc2ccsc2cc1Br. The lowest BCUT2D eigenvalue weighted by Crippen LogP contribution is -2.03. The highest BCUT2D eigenvalue weighted by Crippen LogP contribution is 2.29. The summed E-state index contributed by atoms with van der Waals surface area (Å²) in [4.78, 5) is 15.0. The molecule has 0 aromatic carbocycles. The van der Waals surface area contributed by atoms with Crippen LogP contribution in [0.5, 0.6) is 5.88 Å². The van der Waals surface area contributed by atoms with E-state index in [0.717, 1.165) is 10.2 Å². The Labute approximate surface area is 92.8 Å². The van der Waals surface area contributed by atoms with Crippen LogP contribution in [0.3, 0.4) is 0 Å². The predicted molar refractivity (Wildman–Crippen MR) is 58.6 cm³/mol. The summed E-state index contributed by atoms with van der Waals surface area (Å²) in [5.41, 5.74) is 0.842. The first-order chi connectivity index (χ1) is 6.66. The molecule has 0 aliphatic heterocycles. The maximum Gasteiger partial charge on any atom is 0.309 e. The van der Waals surface area contributed by atoms with Gasteiger partial charge in [0.25, 0.3) is 0 Å². The minimum atomic E-state index is -0.368. The van der Waals surface area contributed by atoms with Crippen LogP contribution in [-0.4, -0.2) is 11.0 Å². The molecule has 2 aromatic heterocycles. The molecule has 0 radical (unpaired) electrons. The van der Waals surface area contributed by atoms with E-state index >= 15 is 0 Å². The average molecular weight is 272 g/mol. The van der Waals surface area contributed by atoms with Crippen molar-refractivity contribution in [2.75, 3.05) is 0 Å². The molecule has 2 heterocycles. The van der Waals surface area contributed by atoms with Crippen LogP contribution in [0.25, 0.3) is 10.2 Å². The molecular formula is C9H6BrNO2S. The zero-order valence-electron chi connectivity index (χ0n) is 7.28. The smallest absolute Gasteiger partial charge is 0.309 e. The van der Waals surface area contributed by atoms with E-state index in [9.17, 15) is 4.79 Å². The molecule has 0 aliphatic carbocycles. The first kappa shape index (κ1) is 9.61. The van der Waals surface area contributed by atoms with Crippen molar-refractivity contribution in [3.8, 4) is 5.88 Å². The van der Waals surface area contributed by atoms with Crippen molar-refractivity contribution in [2.24, 2.45) is 0 Å². The van der Waals surface area contributed by atoms with Crippen molar-refractivity contribution in [2.45, 2.75) is 6.92 Å². The third-order valence-corrected chi connectivity index (χ3v) is 3.02. The molecule has 0 aliphatic rings. The maximum absolute atomic E-state index is 10.8. The average Bonchev–Trinajstić information content (AvgIpc) is 2.51. The number of fused-ring (bicyclic) bond motifs is 1. The van der Waals surface area contributed by atoms with Crippen molar-refractivity contribution < 1.29 is 9.53 Å². The van der Waals surface area contributed by atoms with Crippen LogP contribution < -0.4 is 4.74 Å². The van der Waals surface area contributed by atoms with E-state index in [1.165, 1.54) is 6.92 Å².